The van der Waals surface area contributed by atoms with Gasteiger partial charge >= 0.3 is 0 Å². The van der Waals surface area contributed by atoms with Gasteiger partial charge in [-0.05, 0) is 38.1 Å². The Bertz CT molecular complexity index is 260. The molecule has 2 aromatic rings. The number of ketones is 1. The molecule has 2 heterocycles. The topological polar surface area (TPSA) is 42.9 Å². The molecule has 16 heavy (non-hydrogen) atoms. The van der Waals surface area contributed by atoms with Gasteiger partial charge < -0.3 is 4.79 Å². The zero-order chi connectivity index (χ0) is 12.1. The van der Waals surface area contributed by atoms with Crippen molar-refractivity contribution in [2.24, 2.45) is 0 Å². The summed E-state index contributed by atoms with van der Waals surface area (Å²) in [4.78, 5) is 17.0. The SMILES string of the molecule is CC(C)=O.c1ccncc1.c1ccncc1. The molecular weight excluding hydrogens is 200 g/mol. The van der Waals surface area contributed by atoms with E-state index in [1.54, 1.807) is 24.8 Å². The third-order valence-electron chi connectivity index (χ3n) is 1.13. The first kappa shape index (κ1) is 14.0. The number of hydrogen-bond donors (Lipinski definition) is 0. The van der Waals surface area contributed by atoms with Gasteiger partial charge in [-0.25, -0.2) is 0 Å². The lowest BCUT2D eigenvalue weighted by molar-refractivity contribution is -0.114. The molecule has 0 N–H and O–H groups in total. The van der Waals surface area contributed by atoms with Crippen LogP contribution in [0.15, 0.2) is 61.2 Å². The molecule has 0 aliphatic heterocycles. The van der Waals surface area contributed by atoms with Gasteiger partial charge in [0.25, 0.3) is 0 Å². The molecule has 0 aromatic carbocycles. The largest absolute Gasteiger partial charge is 0.300 e. The van der Waals surface area contributed by atoms with Gasteiger partial charge in [-0.3, -0.25) is 9.97 Å². The Morgan fingerprint density at radius 3 is 1.00 bits per heavy atom. The van der Waals surface area contributed by atoms with Crippen LogP contribution in [0.25, 0.3) is 0 Å². The highest BCUT2D eigenvalue weighted by atomic mass is 16.1. The fourth-order valence-corrected chi connectivity index (χ4v) is 0.625. The van der Waals surface area contributed by atoms with Crippen LogP contribution in [0.1, 0.15) is 13.8 Å². The second kappa shape index (κ2) is 11.0. The first-order valence-corrected chi connectivity index (χ1v) is 4.90. The van der Waals surface area contributed by atoms with E-state index in [4.69, 9.17) is 0 Å². The zero-order valence-corrected chi connectivity index (χ0v) is 9.58. The monoisotopic (exact) mass is 216 g/mol. The fraction of sp³-hybridized carbons (Fsp3) is 0.154. The zero-order valence-electron chi connectivity index (χ0n) is 9.58. The van der Waals surface area contributed by atoms with Gasteiger partial charge in [0.05, 0.1) is 0 Å². The Labute approximate surface area is 96.2 Å². The summed E-state index contributed by atoms with van der Waals surface area (Å²) < 4.78 is 0. The van der Waals surface area contributed by atoms with Gasteiger partial charge in [-0.2, -0.15) is 0 Å². The van der Waals surface area contributed by atoms with Crippen molar-refractivity contribution in [2.75, 3.05) is 0 Å². The Balaban J connectivity index is 0.000000217. The smallest absolute Gasteiger partial charge is 0.126 e. The summed E-state index contributed by atoms with van der Waals surface area (Å²) in [6, 6.07) is 11.4. The average molecular weight is 216 g/mol. The molecule has 3 nitrogen and oxygen atoms in total. The summed E-state index contributed by atoms with van der Waals surface area (Å²) in [5, 5.41) is 0. The molecule has 0 bridgehead atoms. The van der Waals surface area contributed by atoms with E-state index in [-0.39, 0.29) is 5.78 Å². The quantitative estimate of drug-likeness (QED) is 0.680. The van der Waals surface area contributed by atoms with E-state index in [0.29, 0.717) is 0 Å². The Hall–Kier alpha value is -2.03. The normalized spacial score (nSPS) is 7.62. The molecule has 0 saturated heterocycles. The third-order valence-corrected chi connectivity index (χ3v) is 1.13. The molecule has 0 saturated carbocycles. The minimum atomic E-state index is 0.167. The number of carbonyl (C=O) groups is 1. The molecule has 0 spiro atoms. The first-order chi connectivity index (χ1) is 7.73. The maximum absolute atomic E-state index is 9.44. The maximum atomic E-state index is 9.44. The Morgan fingerprint density at radius 2 is 0.938 bits per heavy atom. The van der Waals surface area contributed by atoms with Crippen LogP contribution < -0.4 is 0 Å². The van der Waals surface area contributed by atoms with Crippen molar-refractivity contribution in [2.45, 2.75) is 13.8 Å². The minimum absolute atomic E-state index is 0.167. The fourth-order valence-electron chi connectivity index (χ4n) is 0.625. The lowest BCUT2D eigenvalue weighted by Gasteiger charge is -1.70. The van der Waals surface area contributed by atoms with Crippen molar-refractivity contribution < 1.29 is 4.79 Å². The van der Waals surface area contributed by atoms with Crippen LogP contribution in [0.2, 0.25) is 0 Å². The molecule has 0 radical (unpaired) electrons. The summed E-state index contributed by atoms with van der Waals surface area (Å²) in [6.45, 7) is 3.06. The number of pyridine rings is 2. The number of aromatic nitrogens is 2. The van der Waals surface area contributed by atoms with Crippen molar-refractivity contribution in [3.63, 3.8) is 0 Å². The van der Waals surface area contributed by atoms with Gasteiger partial charge in [-0.15, -0.1) is 0 Å². The standard InChI is InChI=1S/2C5H5N.C3H6O/c2*1-2-4-6-5-3-1;1-3(2)4/h2*1-5H;1-2H3. The molecule has 0 amide bonds. The van der Waals surface area contributed by atoms with Crippen LogP contribution in [-0.4, -0.2) is 15.8 Å². The minimum Gasteiger partial charge on any atom is -0.300 e. The molecule has 0 unspecified atom stereocenters. The molecule has 0 atom stereocenters. The van der Waals surface area contributed by atoms with E-state index in [9.17, 15) is 4.79 Å². The number of Topliss-reactive ketones (excluding diaryl/α,β-unsaturated/α-hetero) is 1. The van der Waals surface area contributed by atoms with Crippen LogP contribution in [0.4, 0.5) is 0 Å². The van der Waals surface area contributed by atoms with Crippen molar-refractivity contribution in [3.05, 3.63) is 61.2 Å². The molecule has 84 valence electrons. The van der Waals surface area contributed by atoms with Gasteiger partial charge in [0.2, 0.25) is 0 Å². The van der Waals surface area contributed by atoms with Crippen LogP contribution in [-0.2, 0) is 4.79 Å². The Morgan fingerprint density at radius 1 is 0.688 bits per heavy atom. The maximum Gasteiger partial charge on any atom is 0.126 e. The molecule has 3 heteroatoms. The summed E-state index contributed by atoms with van der Waals surface area (Å²) in [6.07, 6.45) is 7.00. The van der Waals surface area contributed by atoms with Crippen molar-refractivity contribution in [1.29, 1.82) is 0 Å². The number of carbonyl (C=O) groups excluding carboxylic acids is 1. The highest BCUT2D eigenvalue weighted by Crippen LogP contribution is 1.74. The second-order valence-electron chi connectivity index (χ2n) is 2.96. The van der Waals surface area contributed by atoms with Gasteiger partial charge in [0.1, 0.15) is 5.78 Å². The van der Waals surface area contributed by atoms with Crippen LogP contribution in [0.5, 0.6) is 0 Å². The van der Waals surface area contributed by atoms with Crippen LogP contribution in [0, 0.1) is 0 Å². The van der Waals surface area contributed by atoms with Crippen molar-refractivity contribution >= 4 is 5.78 Å². The molecule has 2 aromatic heterocycles. The summed E-state index contributed by atoms with van der Waals surface area (Å²) in [7, 11) is 0. The molecule has 0 aliphatic rings. The first-order valence-electron chi connectivity index (χ1n) is 4.90. The highest BCUT2D eigenvalue weighted by Gasteiger charge is 1.62. The van der Waals surface area contributed by atoms with Crippen molar-refractivity contribution in [1.82, 2.24) is 9.97 Å². The van der Waals surface area contributed by atoms with Gasteiger partial charge in [0.15, 0.2) is 0 Å². The molecular formula is C13H16N2O. The Kier molecular flexibility index (Phi) is 9.65. The predicted octanol–water partition coefficient (Wildman–Crippen LogP) is 2.76. The van der Waals surface area contributed by atoms with Crippen LogP contribution in [0.3, 0.4) is 0 Å². The third kappa shape index (κ3) is 14.5. The van der Waals surface area contributed by atoms with Gasteiger partial charge in [-0.1, -0.05) is 12.1 Å². The van der Waals surface area contributed by atoms with E-state index in [1.165, 1.54) is 13.8 Å². The number of hydrogen-bond acceptors (Lipinski definition) is 3. The lowest BCUT2D eigenvalue weighted by Crippen LogP contribution is -1.69. The van der Waals surface area contributed by atoms with Gasteiger partial charge in [0, 0.05) is 24.8 Å². The summed E-state index contributed by atoms with van der Waals surface area (Å²) in [5.41, 5.74) is 0. The van der Waals surface area contributed by atoms with Crippen molar-refractivity contribution in [3.8, 4) is 0 Å². The summed E-state index contributed by atoms with van der Waals surface area (Å²) in [5.74, 6) is 0.167. The highest BCUT2D eigenvalue weighted by molar-refractivity contribution is 5.72. The molecule has 2 rings (SSSR count). The van der Waals surface area contributed by atoms with Crippen LogP contribution >= 0.6 is 0 Å². The molecule has 0 aliphatic carbocycles. The summed E-state index contributed by atoms with van der Waals surface area (Å²) >= 11 is 0. The van der Waals surface area contributed by atoms with E-state index >= 15 is 0 Å². The number of rotatable bonds is 0. The lowest BCUT2D eigenvalue weighted by atomic mass is 10.5. The van der Waals surface area contributed by atoms with E-state index in [1.807, 2.05) is 36.4 Å². The van der Waals surface area contributed by atoms with E-state index in [2.05, 4.69) is 9.97 Å². The van der Waals surface area contributed by atoms with E-state index < -0.39 is 0 Å². The molecule has 0 fully saturated rings. The predicted molar refractivity (Wildman–Crippen MR) is 64.8 cm³/mol. The average Bonchev–Trinajstić information content (AvgIpc) is 2.34. The second-order valence-corrected chi connectivity index (χ2v) is 2.96. The number of nitrogens with zero attached hydrogens (tertiary/aromatic N) is 2. The van der Waals surface area contributed by atoms with E-state index in [0.717, 1.165) is 0 Å².